The minimum atomic E-state index is -0.0285. The normalized spacial score (nSPS) is 10.3. The number of methoxy groups -OCH3 is 1. The molecule has 1 N–H and O–H groups in total. The van der Waals surface area contributed by atoms with Gasteiger partial charge in [0.05, 0.1) is 13.2 Å². The smallest absolute Gasteiger partial charge is 0.224 e. The number of rotatable bonds is 8. The van der Waals surface area contributed by atoms with Gasteiger partial charge < -0.3 is 14.8 Å². The van der Waals surface area contributed by atoms with Crippen LogP contribution < -0.4 is 10.1 Å². The molecule has 0 saturated carbocycles. The minimum Gasteiger partial charge on any atom is -0.494 e. The highest BCUT2D eigenvalue weighted by atomic mass is 35.5. The van der Waals surface area contributed by atoms with Crippen molar-refractivity contribution >= 4 is 23.2 Å². The van der Waals surface area contributed by atoms with Gasteiger partial charge in [-0.15, -0.1) is 0 Å². The van der Waals surface area contributed by atoms with Gasteiger partial charge in [0, 0.05) is 24.2 Å². The van der Waals surface area contributed by atoms with Crippen LogP contribution in [0.5, 0.6) is 5.75 Å². The molecule has 0 radical (unpaired) electrons. The number of halogens is 1. The van der Waals surface area contributed by atoms with Crippen molar-refractivity contribution in [2.75, 3.05) is 19.0 Å². The topological polar surface area (TPSA) is 47.6 Å². The maximum absolute atomic E-state index is 11.9. The highest BCUT2D eigenvalue weighted by molar-refractivity contribution is 6.30. The van der Waals surface area contributed by atoms with Gasteiger partial charge in [-0.2, -0.15) is 0 Å². The molecule has 4 nitrogen and oxygen atoms in total. The van der Waals surface area contributed by atoms with Crippen LogP contribution in [0.2, 0.25) is 5.02 Å². The number of anilines is 1. The minimum absolute atomic E-state index is 0.0285. The molecule has 0 unspecified atom stereocenters. The Morgan fingerprint density at radius 3 is 2.70 bits per heavy atom. The number of carbonyl (C=O) groups is 1. The second kappa shape index (κ2) is 9.18. The molecule has 0 spiro atoms. The molecule has 5 heteroatoms. The summed E-state index contributed by atoms with van der Waals surface area (Å²) < 4.78 is 10.6. The second-order valence-corrected chi connectivity index (χ2v) is 5.52. The van der Waals surface area contributed by atoms with Crippen LogP contribution in [0.15, 0.2) is 48.5 Å². The number of hydrogen-bond acceptors (Lipinski definition) is 3. The highest BCUT2D eigenvalue weighted by Crippen LogP contribution is 2.16. The third-order valence-electron chi connectivity index (χ3n) is 3.15. The van der Waals surface area contributed by atoms with Crippen LogP contribution in [0.25, 0.3) is 0 Å². The van der Waals surface area contributed by atoms with Crippen molar-refractivity contribution in [3.8, 4) is 5.75 Å². The van der Waals surface area contributed by atoms with Crippen molar-refractivity contribution in [2.24, 2.45) is 0 Å². The first kappa shape index (κ1) is 17.3. The molecule has 0 aliphatic rings. The van der Waals surface area contributed by atoms with E-state index in [0.717, 1.165) is 17.0 Å². The Balaban J connectivity index is 1.70. The molecule has 2 rings (SSSR count). The fourth-order valence-electron chi connectivity index (χ4n) is 2.08. The van der Waals surface area contributed by atoms with Gasteiger partial charge in [0.15, 0.2) is 0 Å². The summed E-state index contributed by atoms with van der Waals surface area (Å²) in [5.74, 6) is 0.723. The molecule has 0 heterocycles. The molecular weight excluding hydrogens is 314 g/mol. The average Bonchev–Trinajstić information content (AvgIpc) is 2.54. The van der Waals surface area contributed by atoms with E-state index in [1.165, 1.54) is 0 Å². The molecule has 0 aliphatic carbocycles. The van der Waals surface area contributed by atoms with E-state index in [2.05, 4.69) is 5.32 Å². The number of nitrogens with one attached hydrogen (secondary N) is 1. The van der Waals surface area contributed by atoms with E-state index in [1.54, 1.807) is 19.2 Å². The van der Waals surface area contributed by atoms with Crippen LogP contribution in [0, 0.1) is 0 Å². The SMILES string of the molecule is COCc1cccc(NC(=O)CCCOc2ccc(Cl)cc2)c1. The number of ether oxygens (including phenoxy) is 2. The zero-order chi connectivity index (χ0) is 16.5. The summed E-state index contributed by atoms with van der Waals surface area (Å²) in [6.07, 6.45) is 1.05. The highest BCUT2D eigenvalue weighted by Gasteiger charge is 2.03. The van der Waals surface area contributed by atoms with E-state index in [0.29, 0.717) is 31.1 Å². The predicted octanol–water partition coefficient (Wildman–Crippen LogP) is 4.28. The summed E-state index contributed by atoms with van der Waals surface area (Å²) in [5, 5.41) is 3.55. The Morgan fingerprint density at radius 2 is 1.96 bits per heavy atom. The number of hydrogen-bond donors (Lipinski definition) is 1. The monoisotopic (exact) mass is 333 g/mol. The molecule has 0 aromatic heterocycles. The van der Waals surface area contributed by atoms with E-state index in [1.807, 2.05) is 36.4 Å². The van der Waals surface area contributed by atoms with Gasteiger partial charge in [-0.1, -0.05) is 23.7 Å². The molecule has 0 fully saturated rings. The number of amides is 1. The predicted molar refractivity (Wildman–Crippen MR) is 92.0 cm³/mol. The van der Waals surface area contributed by atoms with Crippen LogP contribution in [0.1, 0.15) is 18.4 Å². The molecule has 2 aromatic rings. The molecule has 122 valence electrons. The van der Waals surface area contributed by atoms with Gasteiger partial charge in [-0.05, 0) is 48.4 Å². The van der Waals surface area contributed by atoms with E-state index in [-0.39, 0.29) is 5.91 Å². The van der Waals surface area contributed by atoms with Crippen molar-refractivity contribution in [3.05, 3.63) is 59.1 Å². The quantitative estimate of drug-likeness (QED) is 0.733. The lowest BCUT2D eigenvalue weighted by Gasteiger charge is -2.08. The third-order valence-corrected chi connectivity index (χ3v) is 3.40. The first-order valence-corrected chi connectivity index (χ1v) is 7.81. The van der Waals surface area contributed by atoms with Gasteiger partial charge >= 0.3 is 0 Å². The fourth-order valence-corrected chi connectivity index (χ4v) is 2.21. The fraction of sp³-hybridized carbons (Fsp3) is 0.278. The summed E-state index contributed by atoms with van der Waals surface area (Å²) in [4.78, 5) is 11.9. The van der Waals surface area contributed by atoms with Gasteiger partial charge in [0.2, 0.25) is 5.91 Å². The van der Waals surface area contributed by atoms with Crippen molar-refractivity contribution in [1.29, 1.82) is 0 Å². The Labute approximate surface area is 141 Å². The molecule has 0 aliphatic heterocycles. The van der Waals surface area contributed by atoms with Crippen molar-refractivity contribution in [1.82, 2.24) is 0 Å². The van der Waals surface area contributed by atoms with Crippen molar-refractivity contribution in [3.63, 3.8) is 0 Å². The van der Waals surface area contributed by atoms with Gasteiger partial charge in [0.25, 0.3) is 0 Å². The lowest BCUT2D eigenvalue weighted by atomic mass is 10.2. The lowest BCUT2D eigenvalue weighted by Crippen LogP contribution is -2.13. The molecular formula is C18H20ClNO3. The molecule has 0 atom stereocenters. The van der Waals surface area contributed by atoms with E-state index < -0.39 is 0 Å². The summed E-state index contributed by atoms with van der Waals surface area (Å²) in [6, 6.07) is 14.8. The first-order chi connectivity index (χ1) is 11.2. The van der Waals surface area contributed by atoms with Crippen molar-refractivity contribution in [2.45, 2.75) is 19.4 Å². The maximum atomic E-state index is 11.9. The zero-order valence-corrected chi connectivity index (χ0v) is 13.8. The standard InChI is InChI=1S/C18H20ClNO3/c1-22-13-14-4-2-5-16(12-14)20-18(21)6-3-11-23-17-9-7-15(19)8-10-17/h2,4-5,7-10,12H,3,6,11,13H2,1H3,(H,20,21). The third kappa shape index (κ3) is 6.30. The maximum Gasteiger partial charge on any atom is 0.224 e. The largest absolute Gasteiger partial charge is 0.494 e. The van der Waals surface area contributed by atoms with Gasteiger partial charge in [-0.25, -0.2) is 0 Å². The Bertz CT molecular complexity index is 628. The van der Waals surface area contributed by atoms with Crippen LogP contribution in [0.3, 0.4) is 0 Å². The second-order valence-electron chi connectivity index (χ2n) is 5.09. The number of benzene rings is 2. The first-order valence-electron chi connectivity index (χ1n) is 7.43. The van der Waals surface area contributed by atoms with Crippen LogP contribution in [-0.4, -0.2) is 19.6 Å². The average molecular weight is 334 g/mol. The van der Waals surface area contributed by atoms with E-state index in [4.69, 9.17) is 21.1 Å². The number of carbonyl (C=O) groups excluding carboxylic acids is 1. The van der Waals surface area contributed by atoms with Gasteiger partial charge in [-0.3, -0.25) is 4.79 Å². The van der Waals surface area contributed by atoms with E-state index >= 15 is 0 Å². The van der Waals surface area contributed by atoms with Crippen molar-refractivity contribution < 1.29 is 14.3 Å². The molecule has 1 amide bonds. The molecule has 23 heavy (non-hydrogen) atoms. The van der Waals surface area contributed by atoms with Gasteiger partial charge in [0.1, 0.15) is 5.75 Å². The van der Waals surface area contributed by atoms with Crippen LogP contribution in [0.4, 0.5) is 5.69 Å². The Hall–Kier alpha value is -2.04. The molecule has 0 saturated heterocycles. The van der Waals surface area contributed by atoms with Crippen LogP contribution >= 0.6 is 11.6 Å². The zero-order valence-electron chi connectivity index (χ0n) is 13.0. The summed E-state index contributed by atoms with van der Waals surface area (Å²) in [6.45, 7) is 1.01. The Kier molecular flexibility index (Phi) is 6.91. The van der Waals surface area contributed by atoms with E-state index in [9.17, 15) is 4.79 Å². The molecule has 0 bridgehead atoms. The summed E-state index contributed by atoms with van der Waals surface area (Å²) >= 11 is 5.81. The van der Waals surface area contributed by atoms with Crippen LogP contribution in [-0.2, 0) is 16.1 Å². The molecule has 2 aromatic carbocycles. The summed E-state index contributed by atoms with van der Waals surface area (Å²) in [7, 11) is 1.64. The summed E-state index contributed by atoms with van der Waals surface area (Å²) in [5.41, 5.74) is 1.81. The lowest BCUT2D eigenvalue weighted by molar-refractivity contribution is -0.116. The Morgan fingerprint density at radius 1 is 1.17 bits per heavy atom.